The molecule has 1 rings (SSSR count). The first-order valence-corrected chi connectivity index (χ1v) is 5.68. The number of esters is 1. The first-order valence-electron chi connectivity index (χ1n) is 5.68. The Bertz CT molecular complexity index is 437. The number of ether oxygens (including phenoxy) is 1. The smallest absolute Gasteiger partial charge is 0.315 e. The van der Waals surface area contributed by atoms with Gasteiger partial charge in [-0.1, -0.05) is 12.1 Å². The molecule has 0 bridgehead atoms. The summed E-state index contributed by atoms with van der Waals surface area (Å²) in [5.74, 6) is -1.89. The van der Waals surface area contributed by atoms with Crippen molar-refractivity contribution in [3.63, 3.8) is 0 Å². The first-order chi connectivity index (χ1) is 8.44. The molecule has 1 atom stereocenters. The maximum absolute atomic E-state index is 13.5. The molecule has 18 heavy (non-hydrogen) atoms. The number of hydrogen-bond acceptors (Lipinski definition) is 2. The summed E-state index contributed by atoms with van der Waals surface area (Å²) < 4.78 is 32.0. The summed E-state index contributed by atoms with van der Waals surface area (Å²) in [6.07, 6.45) is 1.24. The Morgan fingerprint density at radius 3 is 2.44 bits per heavy atom. The zero-order chi connectivity index (χ0) is 13.8. The number of carbonyl (C=O) groups is 1. The summed E-state index contributed by atoms with van der Waals surface area (Å²) in [5, 5.41) is 0. The second-order valence-corrected chi connectivity index (χ2v) is 4.22. The molecular weight excluding hydrogens is 238 g/mol. The molecule has 0 saturated carbocycles. The molecule has 0 radical (unpaired) electrons. The van der Waals surface area contributed by atoms with Crippen LogP contribution in [0.25, 0.3) is 0 Å². The van der Waals surface area contributed by atoms with Gasteiger partial charge in [0.1, 0.15) is 11.6 Å². The Kier molecular flexibility index (Phi) is 4.59. The summed E-state index contributed by atoms with van der Waals surface area (Å²) in [4.78, 5) is 11.8. The normalized spacial score (nSPS) is 13.8. The molecule has 0 spiro atoms. The zero-order valence-electron chi connectivity index (χ0n) is 10.5. The van der Waals surface area contributed by atoms with E-state index in [1.165, 1.54) is 12.1 Å². The van der Waals surface area contributed by atoms with Crippen molar-refractivity contribution in [1.82, 2.24) is 0 Å². The first kappa shape index (κ1) is 14.4. The minimum atomic E-state index is -1.14. The number of benzene rings is 1. The van der Waals surface area contributed by atoms with Crippen molar-refractivity contribution in [2.45, 2.75) is 20.3 Å². The van der Waals surface area contributed by atoms with Gasteiger partial charge in [0.2, 0.25) is 0 Å². The predicted octanol–water partition coefficient (Wildman–Crippen LogP) is 3.26. The van der Waals surface area contributed by atoms with Gasteiger partial charge in [0.25, 0.3) is 0 Å². The second-order valence-electron chi connectivity index (χ2n) is 4.22. The molecule has 2 nitrogen and oxygen atoms in total. The molecule has 0 amide bonds. The monoisotopic (exact) mass is 254 g/mol. The van der Waals surface area contributed by atoms with Crippen molar-refractivity contribution in [2.24, 2.45) is 5.41 Å². The summed E-state index contributed by atoms with van der Waals surface area (Å²) in [7, 11) is 0. The third-order valence-electron chi connectivity index (χ3n) is 2.80. The highest BCUT2D eigenvalue weighted by atomic mass is 19.1. The number of halogens is 2. The number of hydrogen-bond donors (Lipinski definition) is 0. The molecule has 1 unspecified atom stereocenters. The summed E-state index contributed by atoms with van der Waals surface area (Å²) in [6.45, 7) is 6.97. The van der Waals surface area contributed by atoms with Crippen LogP contribution in [0.4, 0.5) is 8.78 Å². The molecule has 0 heterocycles. The Balaban J connectivity index is 3.06. The highest BCUT2D eigenvalue weighted by Gasteiger charge is 2.33. The molecule has 1 aromatic carbocycles. The van der Waals surface area contributed by atoms with Crippen LogP contribution >= 0.6 is 0 Å². The molecule has 0 aliphatic carbocycles. The van der Waals surface area contributed by atoms with Gasteiger partial charge in [0.15, 0.2) is 0 Å². The van der Waals surface area contributed by atoms with Crippen molar-refractivity contribution in [2.75, 3.05) is 6.61 Å². The molecule has 0 fully saturated rings. The third-order valence-corrected chi connectivity index (χ3v) is 2.80. The van der Waals surface area contributed by atoms with Crippen molar-refractivity contribution in [3.8, 4) is 0 Å². The summed E-state index contributed by atoms with van der Waals surface area (Å²) in [5.41, 5.74) is -1.27. The molecule has 1 aromatic rings. The fourth-order valence-electron chi connectivity index (χ4n) is 1.59. The van der Waals surface area contributed by atoms with E-state index < -0.39 is 23.0 Å². The lowest BCUT2D eigenvalue weighted by Crippen LogP contribution is -2.30. The molecule has 0 aliphatic rings. The van der Waals surface area contributed by atoms with Crippen LogP contribution in [0.1, 0.15) is 19.4 Å². The molecule has 4 heteroatoms. The van der Waals surface area contributed by atoms with Crippen molar-refractivity contribution in [3.05, 3.63) is 48.1 Å². The van der Waals surface area contributed by atoms with Crippen LogP contribution in [-0.4, -0.2) is 12.6 Å². The van der Waals surface area contributed by atoms with Crippen LogP contribution in [0, 0.1) is 17.0 Å². The lowest BCUT2D eigenvalue weighted by atomic mass is 9.83. The van der Waals surface area contributed by atoms with Gasteiger partial charge in [0, 0.05) is 5.56 Å². The van der Waals surface area contributed by atoms with Crippen LogP contribution in [-0.2, 0) is 16.0 Å². The van der Waals surface area contributed by atoms with E-state index in [0.717, 1.165) is 12.1 Å². The maximum atomic E-state index is 13.5. The lowest BCUT2D eigenvalue weighted by molar-refractivity contribution is -0.151. The quantitative estimate of drug-likeness (QED) is 0.595. The van der Waals surface area contributed by atoms with Gasteiger partial charge in [0.05, 0.1) is 12.0 Å². The van der Waals surface area contributed by atoms with Crippen molar-refractivity contribution in [1.29, 1.82) is 0 Å². The molecule has 0 saturated heterocycles. The number of carbonyl (C=O) groups excluding carboxylic acids is 1. The van der Waals surface area contributed by atoms with E-state index in [9.17, 15) is 13.6 Å². The fourth-order valence-corrected chi connectivity index (χ4v) is 1.59. The van der Waals surface area contributed by atoms with Crippen LogP contribution in [0.2, 0.25) is 0 Å². The van der Waals surface area contributed by atoms with E-state index in [4.69, 9.17) is 4.74 Å². The minimum absolute atomic E-state index is 0.117. The van der Waals surface area contributed by atoms with E-state index in [-0.39, 0.29) is 18.6 Å². The van der Waals surface area contributed by atoms with Crippen LogP contribution < -0.4 is 0 Å². The predicted molar refractivity (Wildman–Crippen MR) is 65.0 cm³/mol. The van der Waals surface area contributed by atoms with E-state index in [1.54, 1.807) is 13.8 Å². The average molecular weight is 254 g/mol. The molecule has 0 aliphatic heterocycles. The number of rotatable bonds is 5. The van der Waals surface area contributed by atoms with E-state index in [2.05, 4.69) is 6.58 Å². The lowest BCUT2D eigenvalue weighted by Gasteiger charge is -2.23. The Morgan fingerprint density at radius 2 is 2.00 bits per heavy atom. The van der Waals surface area contributed by atoms with E-state index in [1.807, 2.05) is 0 Å². The van der Waals surface area contributed by atoms with Crippen LogP contribution in [0.5, 0.6) is 0 Å². The van der Waals surface area contributed by atoms with Gasteiger partial charge in [-0.25, -0.2) is 8.78 Å². The molecule has 0 N–H and O–H groups in total. The fraction of sp³-hybridized carbons (Fsp3) is 0.357. The third kappa shape index (κ3) is 2.94. The maximum Gasteiger partial charge on any atom is 0.315 e. The summed E-state index contributed by atoms with van der Waals surface area (Å²) in [6, 6.07) is 3.60. The topological polar surface area (TPSA) is 26.3 Å². The van der Waals surface area contributed by atoms with Gasteiger partial charge in [-0.3, -0.25) is 4.79 Å². The SMILES string of the molecule is C=CC(C)(Cc1c(F)cccc1F)C(=O)OCC. The largest absolute Gasteiger partial charge is 0.465 e. The second kappa shape index (κ2) is 5.76. The molecular formula is C14H16F2O2. The Morgan fingerprint density at radius 1 is 1.44 bits per heavy atom. The van der Waals surface area contributed by atoms with Crippen molar-refractivity contribution >= 4 is 5.97 Å². The highest BCUT2D eigenvalue weighted by molar-refractivity contribution is 5.79. The van der Waals surface area contributed by atoms with Crippen molar-refractivity contribution < 1.29 is 18.3 Å². The molecule has 98 valence electrons. The minimum Gasteiger partial charge on any atom is -0.465 e. The van der Waals surface area contributed by atoms with Crippen LogP contribution in [0.3, 0.4) is 0 Å². The van der Waals surface area contributed by atoms with Crippen LogP contribution in [0.15, 0.2) is 30.9 Å². The highest BCUT2D eigenvalue weighted by Crippen LogP contribution is 2.28. The van der Waals surface area contributed by atoms with Gasteiger partial charge >= 0.3 is 5.97 Å². The summed E-state index contributed by atoms with van der Waals surface area (Å²) >= 11 is 0. The van der Waals surface area contributed by atoms with E-state index >= 15 is 0 Å². The Hall–Kier alpha value is -1.71. The van der Waals surface area contributed by atoms with E-state index in [0.29, 0.717) is 0 Å². The molecule has 0 aromatic heterocycles. The standard InChI is InChI=1S/C14H16F2O2/c1-4-14(3,13(17)18-5-2)9-10-11(15)7-6-8-12(10)16/h4,6-8H,1,5,9H2,2-3H3. The zero-order valence-corrected chi connectivity index (χ0v) is 10.5. The Labute approximate surface area is 105 Å². The van der Waals surface area contributed by atoms with Gasteiger partial charge in [-0.05, 0) is 32.4 Å². The van der Waals surface area contributed by atoms with Gasteiger partial charge < -0.3 is 4.74 Å². The van der Waals surface area contributed by atoms with Gasteiger partial charge in [-0.15, -0.1) is 6.58 Å². The van der Waals surface area contributed by atoms with Gasteiger partial charge in [-0.2, -0.15) is 0 Å². The average Bonchev–Trinajstić information content (AvgIpc) is 2.34.